The fraction of sp³-hybridized carbons (Fsp3) is 0.524. The first-order valence-electron chi connectivity index (χ1n) is 10.2. The van der Waals surface area contributed by atoms with Crippen LogP contribution in [0.4, 0.5) is 4.79 Å². The predicted octanol–water partition coefficient (Wildman–Crippen LogP) is 1.72. The second kappa shape index (κ2) is 14.0. The SMILES string of the molecule is Cc1ccc(CNCCCC[C@@H](CC(=O)O)NC(=O)N[C@@H](CCC(=O)O)C(=O)O)cc1. The van der Waals surface area contributed by atoms with Gasteiger partial charge in [0.05, 0.1) is 6.42 Å². The van der Waals surface area contributed by atoms with Crippen LogP contribution in [0.3, 0.4) is 0 Å². The Kier molecular flexibility index (Phi) is 11.7. The zero-order valence-electron chi connectivity index (χ0n) is 17.6. The Labute approximate surface area is 181 Å². The Hall–Kier alpha value is -3.14. The smallest absolute Gasteiger partial charge is 0.326 e. The largest absolute Gasteiger partial charge is 0.481 e. The molecule has 0 unspecified atom stereocenters. The van der Waals surface area contributed by atoms with Crippen molar-refractivity contribution in [2.45, 2.75) is 64.1 Å². The van der Waals surface area contributed by atoms with Crippen LogP contribution in [-0.2, 0) is 20.9 Å². The number of rotatable bonds is 15. The number of aliphatic carboxylic acids is 3. The summed E-state index contributed by atoms with van der Waals surface area (Å²) in [7, 11) is 0. The van der Waals surface area contributed by atoms with Crippen molar-refractivity contribution in [3.8, 4) is 0 Å². The van der Waals surface area contributed by atoms with Crippen molar-refractivity contribution >= 4 is 23.9 Å². The van der Waals surface area contributed by atoms with Crippen molar-refractivity contribution in [3.05, 3.63) is 35.4 Å². The molecule has 1 aromatic rings. The van der Waals surface area contributed by atoms with E-state index in [-0.39, 0.29) is 12.8 Å². The molecule has 0 saturated carbocycles. The zero-order valence-corrected chi connectivity index (χ0v) is 17.6. The first kappa shape index (κ1) is 25.9. The highest BCUT2D eigenvalue weighted by atomic mass is 16.4. The van der Waals surface area contributed by atoms with E-state index in [1.54, 1.807) is 0 Å². The minimum Gasteiger partial charge on any atom is -0.481 e. The molecule has 10 heteroatoms. The molecule has 0 bridgehead atoms. The maximum absolute atomic E-state index is 12.1. The molecule has 0 aliphatic carbocycles. The molecule has 172 valence electrons. The second-order valence-corrected chi connectivity index (χ2v) is 7.39. The lowest BCUT2D eigenvalue weighted by Gasteiger charge is -2.20. The first-order chi connectivity index (χ1) is 14.7. The van der Waals surface area contributed by atoms with Crippen LogP contribution in [0.5, 0.6) is 0 Å². The Morgan fingerprint density at radius 3 is 2.16 bits per heavy atom. The van der Waals surface area contributed by atoms with Gasteiger partial charge in [-0.25, -0.2) is 9.59 Å². The average Bonchev–Trinajstić information content (AvgIpc) is 2.68. The van der Waals surface area contributed by atoms with Gasteiger partial charge >= 0.3 is 23.9 Å². The van der Waals surface area contributed by atoms with Crippen molar-refractivity contribution in [2.75, 3.05) is 6.54 Å². The number of amides is 2. The van der Waals surface area contributed by atoms with E-state index in [9.17, 15) is 19.2 Å². The molecule has 2 amide bonds. The fourth-order valence-electron chi connectivity index (χ4n) is 2.93. The van der Waals surface area contributed by atoms with Gasteiger partial charge in [-0.1, -0.05) is 36.2 Å². The Bertz CT molecular complexity index is 737. The fourth-order valence-corrected chi connectivity index (χ4v) is 2.93. The van der Waals surface area contributed by atoms with Crippen molar-refractivity contribution < 1.29 is 34.5 Å². The second-order valence-electron chi connectivity index (χ2n) is 7.39. The van der Waals surface area contributed by atoms with Crippen LogP contribution in [0.15, 0.2) is 24.3 Å². The van der Waals surface area contributed by atoms with Gasteiger partial charge in [-0.15, -0.1) is 0 Å². The summed E-state index contributed by atoms with van der Waals surface area (Å²) >= 11 is 0. The molecule has 31 heavy (non-hydrogen) atoms. The summed E-state index contributed by atoms with van der Waals surface area (Å²) in [6.07, 6.45) is 0.887. The van der Waals surface area contributed by atoms with E-state index in [0.29, 0.717) is 12.8 Å². The molecular weight excluding hydrogens is 406 g/mol. The Morgan fingerprint density at radius 2 is 1.58 bits per heavy atom. The molecule has 0 spiro atoms. The normalized spacial score (nSPS) is 12.5. The molecule has 0 aromatic heterocycles. The lowest BCUT2D eigenvalue weighted by Crippen LogP contribution is -2.49. The monoisotopic (exact) mass is 437 g/mol. The number of carbonyl (C=O) groups excluding carboxylic acids is 1. The van der Waals surface area contributed by atoms with Crippen LogP contribution in [0.25, 0.3) is 0 Å². The van der Waals surface area contributed by atoms with E-state index in [2.05, 4.69) is 28.1 Å². The third-order valence-corrected chi connectivity index (χ3v) is 4.61. The number of benzene rings is 1. The zero-order chi connectivity index (χ0) is 23.2. The van der Waals surface area contributed by atoms with E-state index < -0.39 is 42.4 Å². The number of hydrogen-bond acceptors (Lipinski definition) is 5. The third kappa shape index (κ3) is 12.2. The van der Waals surface area contributed by atoms with Gasteiger partial charge in [0.25, 0.3) is 0 Å². The molecule has 0 aliphatic rings. The number of aryl methyl sites for hydroxylation is 1. The topological polar surface area (TPSA) is 165 Å². The molecule has 0 saturated heterocycles. The molecule has 0 heterocycles. The number of carboxylic acid groups (broad SMARTS) is 3. The number of hydrogen-bond donors (Lipinski definition) is 6. The molecule has 2 atom stereocenters. The van der Waals surface area contributed by atoms with E-state index in [1.807, 2.05) is 19.1 Å². The molecule has 0 fully saturated rings. The lowest BCUT2D eigenvalue weighted by atomic mass is 10.1. The van der Waals surface area contributed by atoms with Crippen molar-refractivity contribution in [1.29, 1.82) is 0 Å². The minimum absolute atomic E-state index is 0.270. The summed E-state index contributed by atoms with van der Waals surface area (Å²) in [6, 6.07) is 5.32. The van der Waals surface area contributed by atoms with Crippen molar-refractivity contribution in [3.63, 3.8) is 0 Å². The summed E-state index contributed by atoms with van der Waals surface area (Å²) < 4.78 is 0. The van der Waals surface area contributed by atoms with Crippen LogP contribution >= 0.6 is 0 Å². The van der Waals surface area contributed by atoms with Gasteiger partial charge in [0.1, 0.15) is 6.04 Å². The van der Waals surface area contributed by atoms with E-state index in [0.717, 1.165) is 19.5 Å². The van der Waals surface area contributed by atoms with Gasteiger partial charge in [0.15, 0.2) is 0 Å². The van der Waals surface area contributed by atoms with E-state index >= 15 is 0 Å². The number of urea groups is 1. The minimum atomic E-state index is -1.37. The van der Waals surface area contributed by atoms with Gasteiger partial charge in [0, 0.05) is 19.0 Å². The molecule has 1 aromatic carbocycles. The third-order valence-electron chi connectivity index (χ3n) is 4.61. The van der Waals surface area contributed by atoms with Crippen LogP contribution in [0, 0.1) is 6.92 Å². The number of nitrogens with one attached hydrogen (secondary N) is 3. The van der Waals surface area contributed by atoms with Crippen molar-refractivity contribution in [1.82, 2.24) is 16.0 Å². The maximum Gasteiger partial charge on any atom is 0.326 e. The Morgan fingerprint density at radius 1 is 0.903 bits per heavy atom. The molecular formula is C21H31N3O7. The standard InChI is InChI=1S/C21H31N3O7/c1-14-5-7-15(8-6-14)13-22-11-3-2-4-16(12-19(27)28)23-21(31)24-17(20(29)30)9-10-18(25)26/h5-8,16-17,22H,2-4,9-13H2,1H3,(H,25,26)(H,27,28)(H,29,30)(H2,23,24,31)/t16-,17-/m0/s1. The summed E-state index contributed by atoms with van der Waals surface area (Å²) in [5.74, 6) is -3.61. The Balaban J connectivity index is 2.39. The summed E-state index contributed by atoms with van der Waals surface area (Å²) in [4.78, 5) is 44.9. The predicted molar refractivity (Wildman–Crippen MR) is 113 cm³/mol. The van der Waals surface area contributed by atoms with Crippen LogP contribution in [0.1, 0.15) is 49.7 Å². The summed E-state index contributed by atoms with van der Waals surface area (Å²) in [6.45, 7) is 3.49. The quantitative estimate of drug-likeness (QED) is 0.226. The molecule has 0 radical (unpaired) electrons. The number of carboxylic acids is 3. The van der Waals surface area contributed by atoms with E-state index in [4.69, 9.17) is 15.3 Å². The van der Waals surface area contributed by atoms with Gasteiger partial charge in [-0.3, -0.25) is 9.59 Å². The number of unbranched alkanes of at least 4 members (excludes halogenated alkanes) is 1. The summed E-state index contributed by atoms with van der Waals surface area (Å²) in [5, 5.41) is 34.8. The van der Waals surface area contributed by atoms with Crippen LogP contribution in [0.2, 0.25) is 0 Å². The van der Waals surface area contributed by atoms with Gasteiger partial charge in [0.2, 0.25) is 0 Å². The maximum atomic E-state index is 12.1. The number of carbonyl (C=O) groups is 4. The van der Waals surface area contributed by atoms with Gasteiger partial charge in [-0.2, -0.15) is 0 Å². The van der Waals surface area contributed by atoms with Crippen LogP contribution < -0.4 is 16.0 Å². The molecule has 6 N–H and O–H groups in total. The molecule has 0 aliphatic heterocycles. The van der Waals surface area contributed by atoms with Crippen LogP contribution in [-0.4, -0.2) is 57.9 Å². The average molecular weight is 437 g/mol. The molecule has 10 nitrogen and oxygen atoms in total. The van der Waals surface area contributed by atoms with Crippen molar-refractivity contribution in [2.24, 2.45) is 0 Å². The summed E-state index contributed by atoms with van der Waals surface area (Å²) in [5.41, 5.74) is 2.37. The first-order valence-corrected chi connectivity index (χ1v) is 10.2. The lowest BCUT2D eigenvalue weighted by molar-refractivity contribution is -0.141. The highest BCUT2D eigenvalue weighted by molar-refractivity contribution is 5.83. The van der Waals surface area contributed by atoms with E-state index in [1.165, 1.54) is 11.1 Å². The van der Waals surface area contributed by atoms with Gasteiger partial charge in [-0.05, 0) is 38.3 Å². The highest BCUT2D eigenvalue weighted by Gasteiger charge is 2.23. The molecule has 1 rings (SSSR count). The highest BCUT2D eigenvalue weighted by Crippen LogP contribution is 2.07. The van der Waals surface area contributed by atoms with Gasteiger partial charge < -0.3 is 31.3 Å².